The number of benzene rings is 2. The van der Waals surface area contributed by atoms with Gasteiger partial charge in [-0.2, -0.15) is 0 Å². The van der Waals surface area contributed by atoms with Crippen molar-refractivity contribution in [1.82, 2.24) is 14.7 Å². The lowest BCUT2D eigenvalue weighted by Gasteiger charge is -2.50. The average molecular weight is 731 g/mol. The molecule has 2 aromatic carbocycles. The lowest BCUT2D eigenvalue weighted by atomic mass is 9.56. The minimum atomic E-state index is -1.97. The van der Waals surface area contributed by atoms with Gasteiger partial charge in [-0.25, -0.2) is 0 Å². The van der Waals surface area contributed by atoms with E-state index >= 15 is 0 Å². The Morgan fingerprint density at radius 1 is 0.978 bits per heavy atom. The number of halogens is 3. The highest BCUT2D eigenvalue weighted by molar-refractivity contribution is 9.09. The van der Waals surface area contributed by atoms with E-state index < -0.39 is 45.2 Å². The molecule has 2 aromatic rings. The number of methoxy groups -OCH3 is 1. The van der Waals surface area contributed by atoms with Crippen LogP contribution >= 0.6 is 39.1 Å². The van der Waals surface area contributed by atoms with Gasteiger partial charge < -0.3 is 9.84 Å². The van der Waals surface area contributed by atoms with Gasteiger partial charge in [0.25, 0.3) is 11.8 Å². The molecule has 3 heterocycles. The van der Waals surface area contributed by atoms with E-state index in [1.54, 1.807) is 12.1 Å². The van der Waals surface area contributed by atoms with Crippen LogP contribution in [0.25, 0.3) is 0 Å². The first-order chi connectivity index (χ1) is 22.0. The Hall–Kier alpha value is -2.92. The molecule has 0 radical (unpaired) electrons. The summed E-state index contributed by atoms with van der Waals surface area (Å²) in [4.78, 5) is 57.0. The number of hydrogen-bond acceptors (Lipinski definition) is 7. The standard InChI is InChI=1S/C34H34BrCl2N3O6/c1-46-21-7-8-23(26(41)15-21)28-22-9-10-24-27(25(22)16-33(36)31(44)39(18-35)32(45)34(28,33)37)30(43)40(29(24)42)20-11-13-38(14-12-20)17-19-5-3-2-4-6-19/h2-9,15,20,24-25,27-28,41H,10-14,16-18H2,1H3. The third kappa shape index (κ3) is 4.50. The van der Waals surface area contributed by atoms with E-state index in [1.165, 1.54) is 23.6 Å². The Kier molecular flexibility index (Phi) is 8.02. The van der Waals surface area contributed by atoms with Gasteiger partial charge in [-0.15, -0.1) is 23.2 Å². The average Bonchev–Trinajstić information content (AvgIpc) is 3.39. The molecule has 6 unspecified atom stereocenters. The van der Waals surface area contributed by atoms with Crippen molar-refractivity contribution in [2.75, 3.05) is 25.7 Å². The van der Waals surface area contributed by atoms with Crippen molar-refractivity contribution >= 4 is 62.8 Å². The molecule has 0 bridgehead atoms. The molecule has 46 heavy (non-hydrogen) atoms. The fourth-order valence-electron chi connectivity index (χ4n) is 8.55. The zero-order valence-corrected chi connectivity index (χ0v) is 28.3. The first kappa shape index (κ1) is 31.7. The topological polar surface area (TPSA) is 107 Å². The van der Waals surface area contributed by atoms with Crippen LogP contribution in [0, 0.1) is 17.8 Å². The monoisotopic (exact) mass is 729 g/mol. The minimum absolute atomic E-state index is 0.0884. The Morgan fingerprint density at radius 3 is 2.35 bits per heavy atom. The molecule has 1 saturated carbocycles. The maximum Gasteiger partial charge on any atom is 0.254 e. The minimum Gasteiger partial charge on any atom is -0.508 e. The van der Waals surface area contributed by atoms with Crippen molar-refractivity contribution in [2.45, 2.75) is 53.9 Å². The molecule has 6 atom stereocenters. The molecule has 7 rings (SSSR count). The number of amides is 4. The molecule has 4 fully saturated rings. The van der Waals surface area contributed by atoms with Crippen molar-refractivity contribution in [1.29, 1.82) is 0 Å². The Balaban J connectivity index is 1.22. The van der Waals surface area contributed by atoms with E-state index in [0.717, 1.165) is 24.5 Å². The summed E-state index contributed by atoms with van der Waals surface area (Å²) < 4.78 is 5.28. The third-order valence-electron chi connectivity index (χ3n) is 10.8. The number of hydrogen-bond donors (Lipinski definition) is 1. The molecule has 0 aromatic heterocycles. The normalized spacial score (nSPS) is 33.2. The van der Waals surface area contributed by atoms with E-state index in [9.17, 15) is 24.3 Å². The van der Waals surface area contributed by atoms with E-state index in [-0.39, 0.29) is 41.9 Å². The highest BCUT2D eigenvalue weighted by Gasteiger charge is 2.76. The summed E-state index contributed by atoms with van der Waals surface area (Å²) in [6.07, 6.45) is 3.43. The summed E-state index contributed by atoms with van der Waals surface area (Å²) in [6.45, 7) is 2.33. The van der Waals surface area contributed by atoms with Crippen molar-refractivity contribution in [3.63, 3.8) is 0 Å². The lowest BCUT2D eigenvalue weighted by molar-refractivity contribution is -0.144. The number of phenols is 1. The molecule has 2 aliphatic carbocycles. The number of nitrogens with zero attached hydrogens (tertiary/aromatic N) is 3. The zero-order valence-electron chi connectivity index (χ0n) is 25.2. The molecule has 242 valence electrons. The molecular weight excluding hydrogens is 697 g/mol. The van der Waals surface area contributed by atoms with Crippen LogP contribution in [0.3, 0.4) is 0 Å². The second kappa shape index (κ2) is 11.6. The number of likely N-dealkylation sites (tertiary alicyclic amines) is 3. The van der Waals surface area contributed by atoms with Crippen LogP contribution in [-0.2, 0) is 25.7 Å². The lowest BCUT2D eigenvalue weighted by Crippen LogP contribution is -2.60. The van der Waals surface area contributed by atoms with Crippen molar-refractivity contribution < 1.29 is 29.0 Å². The van der Waals surface area contributed by atoms with E-state index in [4.69, 9.17) is 27.9 Å². The van der Waals surface area contributed by atoms with Crippen LogP contribution in [0.1, 0.15) is 42.7 Å². The van der Waals surface area contributed by atoms with Crippen molar-refractivity contribution in [2.24, 2.45) is 17.8 Å². The van der Waals surface area contributed by atoms with Gasteiger partial charge in [0, 0.05) is 43.2 Å². The fraction of sp³-hybridized carbons (Fsp3) is 0.471. The van der Waals surface area contributed by atoms with Gasteiger partial charge in [-0.3, -0.25) is 33.9 Å². The first-order valence-electron chi connectivity index (χ1n) is 15.5. The number of imide groups is 2. The molecule has 9 nitrogen and oxygen atoms in total. The van der Waals surface area contributed by atoms with Gasteiger partial charge >= 0.3 is 0 Å². The Labute approximate surface area is 285 Å². The van der Waals surface area contributed by atoms with Gasteiger partial charge in [-0.1, -0.05) is 64.0 Å². The number of allylic oxidation sites excluding steroid dienone is 2. The maximum absolute atomic E-state index is 14.4. The fourth-order valence-corrected chi connectivity index (χ4v) is 9.97. The summed E-state index contributed by atoms with van der Waals surface area (Å²) >= 11 is 17.8. The number of carbonyl (C=O) groups is 4. The van der Waals surface area contributed by atoms with Gasteiger partial charge in [-0.05, 0) is 43.2 Å². The van der Waals surface area contributed by atoms with Crippen LogP contribution < -0.4 is 4.74 Å². The van der Waals surface area contributed by atoms with Crippen LogP contribution in [-0.4, -0.2) is 84.9 Å². The van der Waals surface area contributed by atoms with Gasteiger partial charge in [0.1, 0.15) is 11.5 Å². The van der Waals surface area contributed by atoms with E-state index in [0.29, 0.717) is 29.7 Å². The van der Waals surface area contributed by atoms with E-state index in [2.05, 4.69) is 33.0 Å². The number of alkyl halides is 3. The number of phenolic OH excluding ortho intramolecular Hbond substituents is 1. The summed E-state index contributed by atoms with van der Waals surface area (Å²) in [7, 11) is 1.47. The summed E-state index contributed by atoms with van der Waals surface area (Å²) in [5.41, 5.74) is 2.05. The largest absolute Gasteiger partial charge is 0.508 e. The quantitative estimate of drug-likeness (QED) is 0.198. The second-order valence-electron chi connectivity index (χ2n) is 13.0. The number of rotatable bonds is 6. The SMILES string of the molecule is COc1ccc(C2C3=CCC4C(=O)N(C5CCN(Cc6ccccc6)CC5)C(=O)C4C3CC3(Cl)C(=O)N(CBr)C(=O)C23Cl)c(O)c1. The predicted molar refractivity (Wildman–Crippen MR) is 175 cm³/mol. The highest BCUT2D eigenvalue weighted by Crippen LogP contribution is 2.66. The molecule has 12 heteroatoms. The van der Waals surface area contributed by atoms with Gasteiger partial charge in [0.15, 0.2) is 9.75 Å². The number of fused-ring (bicyclic) bond motifs is 4. The van der Waals surface area contributed by atoms with Crippen LogP contribution in [0.2, 0.25) is 0 Å². The molecule has 1 N–H and O–H groups in total. The highest BCUT2D eigenvalue weighted by atomic mass is 79.9. The molecule has 0 spiro atoms. The van der Waals surface area contributed by atoms with Crippen LogP contribution in [0.4, 0.5) is 0 Å². The molecule has 5 aliphatic rings. The zero-order chi connectivity index (χ0) is 32.5. The van der Waals surface area contributed by atoms with Crippen LogP contribution in [0.5, 0.6) is 11.5 Å². The summed E-state index contributed by atoms with van der Waals surface area (Å²) in [5, 5.41) is 11.2. The summed E-state index contributed by atoms with van der Waals surface area (Å²) in [6, 6.07) is 14.7. The molecule has 3 saturated heterocycles. The molecular formula is C34H34BrCl2N3O6. The first-order valence-corrected chi connectivity index (χ1v) is 17.4. The smallest absolute Gasteiger partial charge is 0.254 e. The predicted octanol–water partition coefficient (Wildman–Crippen LogP) is 4.78. The van der Waals surface area contributed by atoms with Crippen LogP contribution in [0.15, 0.2) is 60.2 Å². The van der Waals surface area contributed by atoms with Crippen molar-refractivity contribution in [3.05, 3.63) is 71.3 Å². The number of carbonyl (C=O) groups excluding carboxylic acids is 4. The second-order valence-corrected chi connectivity index (χ2v) is 14.7. The van der Waals surface area contributed by atoms with E-state index in [1.807, 2.05) is 24.3 Å². The molecule has 4 amide bonds. The molecule has 3 aliphatic heterocycles. The Morgan fingerprint density at radius 2 is 1.70 bits per heavy atom. The third-order valence-corrected chi connectivity index (χ3v) is 12.7. The number of ether oxygens (including phenoxy) is 1. The van der Waals surface area contributed by atoms with Gasteiger partial charge in [0.05, 0.1) is 24.4 Å². The summed E-state index contributed by atoms with van der Waals surface area (Å²) in [5.74, 6) is -4.61. The number of aromatic hydroxyl groups is 1. The van der Waals surface area contributed by atoms with Crippen molar-refractivity contribution in [3.8, 4) is 11.5 Å². The maximum atomic E-state index is 14.4. The number of piperidine rings is 1. The Bertz CT molecular complexity index is 1650. The van der Waals surface area contributed by atoms with Gasteiger partial charge in [0.2, 0.25) is 11.8 Å².